The fourth-order valence-corrected chi connectivity index (χ4v) is 3.10. The van der Waals surface area contributed by atoms with E-state index in [-0.39, 0.29) is 24.0 Å². The van der Waals surface area contributed by atoms with Gasteiger partial charge in [-0.3, -0.25) is 4.99 Å². The number of hydrogen-bond donors (Lipinski definition) is 2. The lowest BCUT2D eigenvalue weighted by molar-refractivity contribution is 0.114. The second kappa shape index (κ2) is 9.58. The molecule has 0 aliphatic carbocycles. The number of thiazole rings is 1. The highest BCUT2D eigenvalue weighted by molar-refractivity contribution is 14.0. The Kier molecular flexibility index (Phi) is 8.50. The molecule has 1 aromatic rings. The fourth-order valence-electron chi connectivity index (χ4n) is 2.17. The number of rotatable bonds is 5. The van der Waals surface area contributed by atoms with Crippen LogP contribution in [-0.4, -0.2) is 43.8 Å². The number of guanidine groups is 1. The van der Waals surface area contributed by atoms with E-state index in [1.54, 1.807) is 18.4 Å². The first-order valence-electron chi connectivity index (χ1n) is 7.18. The molecule has 7 heteroatoms. The normalized spacial score (nSPS) is 18.4. The van der Waals surface area contributed by atoms with Crippen LogP contribution in [0.4, 0.5) is 0 Å². The lowest BCUT2D eigenvalue weighted by Gasteiger charge is -2.14. The Hall–Kier alpha value is -0.410. The Labute approximate surface area is 148 Å². The molecule has 1 atom stereocenters. The number of hydrogen-bond acceptors (Lipinski definition) is 4. The lowest BCUT2D eigenvalue weighted by Crippen LogP contribution is -2.41. The van der Waals surface area contributed by atoms with Crippen LogP contribution in [0.1, 0.15) is 28.4 Å². The van der Waals surface area contributed by atoms with Crippen LogP contribution >= 0.6 is 35.3 Å². The van der Waals surface area contributed by atoms with Gasteiger partial charge in [0, 0.05) is 38.0 Å². The van der Waals surface area contributed by atoms with Gasteiger partial charge in [-0.15, -0.1) is 35.3 Å². The SMILES string of the molecule is CN=C(NCCc1nc(C)c(C)s1)NCC1CCCO1.I. The zero-order valence-corrected chi connectivity index (χ0v) is 16.1. The number of ether oxygens (including phenoxy) is 1. The monoisotopic (exact) mass is 424 g/mol. The van der Waals surface area contributed by atoms with E-state index >= 15 is 0 Å². The number of halogens is 1. The quantitative estimate of drug-likeness (QED) is 0.433. The van der Waals surface area contributed by atoms with Gasteiger partial charge in [-0.1, -0.05) is 0 Å². The molecule has 5 nitrogen and oxygen atoms in total. The maximum Gasteiger partial charge on any atom is 0.191 e. The second-order valence-electron chi connectivity index (χ2n) is 5.01. The van der Waals surface area contributed by atoms with Gasteiger partial charge in [0.1, 0.15) is 0 Å². The van der Waals surface area contributed by atoms with Gasteiger partial charge in [0.05, 0.1) is 16.8 Å². The minimum absolute atomic E-state index is 0. The van der Waals surface area contributed by atoms with Crippen molar-refractivity contribution in [3.05, 3.63) is 15.6 Å². The van der Waals surface area contributed by atoms with Crippen molar-refractivity contribution in [2.24, 2.45) is 4.99 Å². The largest absolute Gasteiger partial charge is 0.376 e. The number of nitrogens with zero attached hydrogens (tertiary/aromatic N) is 2. The average Bonchev–Trinajstić information content (AvgIpc) is 3.05. The van der Waals surface area contributed by atoms with Gasteiger partial charge in [0.25, 0.3) is 0 Å². The van der Waals surface area contributed by atoms with Gasteiger partial charge in [0.2, 0.25) is 0 Å². The molecule has 0 spiro atoms. The molecule has 1 unspecified atom stereocenters. The summed E-state index contributed by atoms with van der Waals surface area (Å²) >= 11 is 1.78. The maximum atomic E-state index is 5.58. The number of aryl methyl sites for hydroxylation is 2. The van der Waals surface area contributed by atoms with E-state index in [1.165, 1.54) is 16.3 Å². The first-order valence-corrected chi connectivity index (χ1v) is 7.99. The van der Waals surface area contributed by atoms with Gasteiger partial charge < -0.3 is 15.4 Å². The first kappa shape index (κ1) is 18.6. The summed E-state index contributed by atoms with van der Waals surface area (Å²) in [7, 11) is 1.79. The predicted octanol–water partition coefficient (Wildman–Crippen LogP) is 2.26. The minimum atomic E-state index is 0. The summed E-state index contributed by atoms with van der Waals surface area (Å²) in [6, 6.07) is 0. The first-order chi connectivity index (χ1) is 9.69. The van der Waals surface area contributed by atoms with Crippen LogP contribution in [0.2, 0.25) is 0 Å². The molecule has 0 aromatic carbocycles. The van der Waals surface area contributed by atoms with Gasteiger partial charge in [0.15, 0.2) is 5.96 Å². The highest BCUT2D eigenvalue weighted by atomic mass is 127. The summed E-state index contributed by atoms with van der Waals surface area (Å²) < 4.78 is 5.58. The summed E-state index contributed by atoms with van der Waals surface area (Å²) in [5.74, 6) is 0.838. The van der Waals surface area contributed by atoms with Crippen LogP contribution in [0.5, 0.6) is 0 Å². The minimum Gasteiger partial charge on any atom is -0.376 e. The summed E-state index contributed by atoms with van der Waals surface area (Å²) in [5, 5.41) is 7.81. The van der Waals surface area contributed by atoms with Crippen molar-refractivity contribution in [3.63, 3.8) is 0 Å². The van der Waals surface area contributed by atoms with Crippen LogP contribution < -0.4 is 10.6 Å². The smallest absolute Gasteiger partial charge is 0.191 e. The summed E-state index contributed by atoms with van der Waals surface area (Å²) in [5.41, 5.74) is 1.14. The predicted molar refractivity (Wildman–Crippen MR) is 99.0 cm³/mol. The molecule has 2 heterocycles. The van der Waals surface area contributed by atoms with E-state index in [0.29, 0.717) is 6.10 Å². The van der Waals surface area contributed by atoms with Gasteiger partial charge in [-0.05, 0) is 26.7 Å². The Morgan fingerprint density at radius 2 is 2.24 bits per heavy atom. The molecule has 1 fully saturated rings. The zero-order valence-electron chi connectivity index (χ0n) is 12.9. The van der Waals surface area contributed by atoms with E-state index in [2.05, 4.69) is 34.5 Å². The topological polar surface area (TPSA) is 58.5 Å². The van der Waals surface area contributed by atoms with Crippen molar-refractivity contribution in [2.45, 2.75) is 39.2 Å². The molecule has 1 aliphatic heterocycles. The van der Waals surface area contributed by atoms with Crippen molar-refractivity contribution in [1.29, 1.82) is 0 Å². The lowest BCUT2D eigenvalue weighted by atomic mass is 10.2. The number of aliphatic imine (C=N–C) groups is 1. The fraction of sp³-hybridized carbons (Fsp3) is 0.714. The Balaban J connectivity index is 0.00000220. The van der Waals surface area contributed by atoms with Crippen molar-refractivity contribution < 1.29 is 4.74 Å². The third-order valence-electron chi connectivity index (χ3n) is 3.45. The molecule has 0 radical (unpaired) electrons. The van der Waals surface area contributed by atoms with Crippen molar-refractivity contribution in [3.8, 4) is 0 Å². The van der Waals surface area contributed by atoms with Crippen LogP contribution in [0.15, 0.2) is 4.99 Å². The number of nitrogens with one attached hydrogen (secondary N) is 2. The summed E-state index contributed by atoms with van der Waals surface area (Å²) in [6.07, 6.45) is 3.57. The molecule has 21 heavy (non-hydrogen) atoms. The third kappa shape index (κ3) is 6.07. The molecule has 2 rings (SSSR count). The van der Waals surface area contributed by atoms with Crippen molar-refractivity contribution in [2.75, 3.05) is 26.7 Å². The standard InChI is InChI=1S/C14H24N4OS.HI/c1-10-11(2)20-13(18-10)6-7-16-14(15-3)17-9-12-5-4-8-19-12;/h12H,4-9H2,1-3H3,(H2,15,16,17);1H. The molecule has 1 saturated heterocycles. The van der Waals surface area contributed by atoms with Crippen LogP contribution in [0.3, 0.4) is 0 Å². The highest BCUT2D eigenvalue weighted by Gasteiger charge is 2.15. The van der Waals surface area contributed by atoms with Crippen molar-refractivity contribution in [1.82, 2.24) is 15.6 Å². The molecule has 1 aliphatic rings. The second-order valence-corrected chi connectivity index (χ2v) is 6.30. The zero-order chi connectivity index (χ0) is 14.4. The molecule has 0 amide bonds. The molecular formula is C14H25IN4OS. The average molecular weight is 424 g/mol. The number of aromatic nitrogens is 1. The van der Waals surface area contributed by atoms with Gasteiger partial charge in [-0.25, -0.2) is 4.98 Å². The van der Waals surface area contributed by atoms with E-state index in [4.69, 9.17) is 4.74 Å². The molecule has 2 N–H and O–H groups in total. The third-order valence-corrected chi connectivity index (χ3v) is 4.58. The van der Waals surface area contributed by atoms with E-state index in [0.717, 1.165) is 44.2 Å². The Morgan fingerprint density at radius 1 is 1.43 bits per heavy atom. The van der Waals surface area contributed by atoms with E-state index in [9.17, 15) is 0 Å². The van der Waals surface area contributed by atoms with Gasteiger partial charge >= 0.3 is 0 Å². The molecule has 120 valence electrons. The Morgan fingerprint density at radius 3 is 2.81 bits per heavy atom. The van der Waals surface area contributed by atoms with Crippen LogP contribution in [0, 0.1) is 13.8 Å². The van der Waals surface area contributed by atoms with Crippen LogP contribution in [0.25, 0.3) is 0 Å². The summed E-state index contributed by atoms with van der Waals surface area (Å²) in [4.78, 5) is 10.1. The van der Waals surface area contributed by atoms with Crippen LogP contribution in [-0.2, 0) is 11.2 Å². The molecule has 1 aromatic heterocycles. The van der Waals surface area contributed by atoms with Gasteiger partial charge in [-0.2, -0.15) is 0 Å². The molecule has 0 saturated carbocycles. The summed E-state index contributed by atoms with van der Waals surface area (Å²) in [6.45, 7) is 6.74. The molecular weight excluding hydrogens is 399 g/mol. The van der Waals surface area contributed by atoms with E-state index in [1.807, 2.05) is 0 Å². The van der Waals surface area contributed by atoms with Crippen molar-refractivity contribution >= 4 is 41.3 Å². The maximum absolute atomic E-state index is 5.58. The molecule has 0 bridgehead atoms. The Bertz CT molecular complexity index is 438. The highest BCUT2D eigenvalue weighted by Crippen LogP contribution is 2.16. The van der Waals surface area contributed by atoms with E-state index < -0.39 is 0 Å².